The molecule has 2 heterocycles. The molecule has 0 radical (unpaired) electrons. The number of carbonyl (C=O) groups is 1. The first-order valence-electron chi connectivity index (χ1n) is 7.33. The van der Waals surface area contributed by atoms with Crippen molar-refractivity contribution in [2.75, 3.05) is 24.3 Å². The molecule has 0 saturated heterocycles. The number of nitrogens with zero attached hydrogens (tertiary/aromatic N) is 1. The van der Waals surface area contributed by atoms with Gasteiger partial charge in [0.15, 0.2) is 0 Å². The number of carbonyl (C=O) groups excluding carboxylic acids is 1. The molecule has 116 valence electrons. The fourth-order valence-corrected chi connectivity index (χ4v) is 3.17. The first-order chi connectivity index (χ1) is 11.0. The van der Waals surface area contributed by atoms with Gasteiger partial charge in [0.05, 0.1) is 5.57 Å². The Bertz CT molecular complexity index is 871. The summed E-state index contributed by atoms with van der Waals surface area (Å²) in [7, 11) is 4.00. The van der Waals surface area contributed by atoms with Crippen LogP contribution in [0.5, 0.6) is 0 Å². The third-order valence-electron chi connectivity index (χ3n) is 4.18. The highest BCUT2D eigenvalue weighted by Crippen LogP contribution is 2.42. The van der Waals surface area contributed by atoms with Crippen molar-refractivity contribution in [1.82, 2.24) is 0 Å². The molecule has 0 bridgehead atoms. The highest BCUT2D eigenvalue weighted by atomic mass is 35.5. The maximum atomic E-state index is 12.4. The molecule has 4 rings (SSSR count). The Balaban J connectivity index is 1.89. The number of fused-ring (bicyclic) bond motifs is 2. The van der Waals surface area contributed by atoms with E-state index in [9.17, 15) is 4.79 Å². The van der Waals surface area contributed by atoms with Crippen molar-refractivity contribution < 1.29 is 9.53 Å². The van der Waals surface area contributed by atoms with Crippen LogP contribution in [-0.2, 0) is 16.1 Å². The van der Waals surface area contributed by atoms with Crippen LogP contribution in [0.2, 0.25) is 5.02 Å². The first kappa shape index (κ1) is 14.2. The zero-order valence-electron chi connectivity index (χ0n) is 12.8. The van der Waals surface area contributed by atoms with Gasteiger partial charge in [0.2, 0.25) is 0 Å². The Kier molecular flexibility index (Phi) is 3.10. The molecule has 1 N–H and O–H groups in total. The Hall–Kier alpha value is -2.46. The molecule has 0 aliphatic carbocycles. The zero-order chi connectivity index (χ0) is 16.1. The molecule has 2 aromatic carbocycles. The first-order valence-corrected chi connectivity index (χ1v) is 7.71. The largest absolute Gasteiger partial charge is 0.487 e. The smallest absolute Gasteiger partial charge is 0.260 e. The van der Waals surface area contributed by atoms with Crippen LogP contribution in [0.15, 0.2) is 36.4 Å². The van der Waals surface area contributed by atoms with Crippen LogP contribution < -0.4 is 10.2 Å². The molecule has 2 aliphatic heterocycles. The van der Waals surface area contributed by atoms with E-state index in [1.165, 1.54) is 0 Å². The van der Waals surface area contributed by atoms with Crippen LogP contribution in [0.4, 0.5) is 11.4 Å². The third-order valence-corrected chi connectivity index (χ3v) is 4.41. The summed E-state index contributed by atoms with van der Waals surface area (Å²) >= 11 is 6.09. The van der Waals surface area contributed by atoms with Crippen LogP contribution in [-0.4, -0.2) is 20.0 Å². The lowest BCUT2D eigenvalue weighted by molar-refractivity contribution is -0.110. The van der Waals surface area contributed by atoms with Crippen molar-refractivity contribution in [3.05, 3.63) is 58.1 Å². The SMILES string of the molecule is CN(C)c1ccc2c(c1)COC2=C1C(=O)Nc2ccc(Cl)cc21. The van der Waals surface area contributed by atoms with Crippen molar-refractivity contribution in [1.29, 1.82) is 0 Å². The van der Waals surface area contributed by atoms with E-state index in [4.69, 9.17) is 16.3 Å². The normalized spacial score (nSPS) is 18.3. The van der Waals surface area contributed by atoms with Crippen LogP contribution in [0.3, 0.4) is 0 Å². The van der Waals surface area contributed by atoms with Crippen LogP contribution >= 0.6 is 11.6 Å². The Morgan fingerprint density at radius 1 is 1.13 bits per heavy atom. The third kappa shape index (κ3) is 2.18. The average Bonchev–Trinajstić information content (AvgIpc) is 3.06. The van der Waals surface area contributed by atoms with Gasteiger partial charge < -0.3 is 15.0 Å². The average molecular weight is 327 g/mol. The molecular formula is C18H15ClN2O2. The van der Waals surface area contributed by atoms with Gasteiger partial charge in [-0.05, 0) is 36.4 Å². The number of amides is 1. The second kappa shape index (κ2) is 5.03. The van der Waals surface area contributed by atoms with E-state index in [1.54, 1.807) is 12.1 Å². The molecular weight excluding hydrogens is 312 g/mol. The number of nitrogens with one attached hydrogen (secondary N) is 1. The topological polar surface area (TPSA) is 41.6 Å². The van der Waals surface area contributed by atoms with Gasteiger partial charge in [-0.3, -0.25) is 4.79 Å². The number of hydrogen-bond donors (Lipinski definition) is 1. The van der Waals surface area contributed by atoms with Gasteiger partial charge in [-0.15, -0.1) is 0 Å². The molecule has 4 nitrogen and oxygen atoms in total. The number of halogens is 1. The Morgan fingerprint density at radius 3 is 2.74 bits per heavy atom. The van der Waals surface area contributed by atoms with E-state index < -0.39 is 0 Å². The highest BCUT2D eigenvalue weighted by molar-refractivity contribution is 6.38. The summed E-state index contributed by atoms with van der Waals surface area (Å²) in [5.74, 6) is 0.477. The standard InChI is InChI=1S/C18H15ClN2O2/c1-21(2)12-4-5-13-10(7-12)9-23-17(13)16-14-8-11(19)3-6-15(14)20-18(16)22/h3-8H,9H2,1-2H3,(H,20,22). The fraction of sp³-hybridized carbons (Fsp3) is 0.167. The minimum Gasteiger partial charge on any atom is -0.487 e. The number of anilines is 2. The molecule has 0 unspecified atom stereocenters. The van der Waals surface area contributed by atoms with E-state index in [1.807, 2.05) is 37.2 Å². The molecule has 5 heteroatoms. The molecule has 0 aromatic heterocycles. The number of rotatable bonds is 1. The second-order valence-electron chi connectivity index (χ2n) is 5.87. The monoisotopic (exact) mass is 326 g/mol. The molecule has 2 aromatic rings. The van der Waals surface area contributed by atoms with Crippen molar-refractivity contribution in [2.24, 2.45) is 0 Å². The number of benzene rings is 2. The highest BCUT2D eigenvalue weighted by Gasteiger charge is 2.32. The van der Waals surface area contributed by atoms with E-state index in [2.05, 4.69) is 11.4 Å². The maximum absolute atomic E-state index is 12.4. The summed E-state index contributed by atoms with van der Waals surface area (Å²) in [5, 5.41) is 3.47. The number of hydrogen-bond acceptors (Lipinski definition) is 3. The van der Waals surface area contributed by atoms with Gasteiger partial charge in [-0.25, -0.2) is 0 Å². The molecule has 0 atom stereocenters. The summed E-state index contributed by atoms with van der Waals surface area (Å²) < 4.78 is 5.87. The summed E-state index contributed by atoms with van der Waals surface area (Å²) in [6.07, 6.45) is 0. The molecule has 0 spiro atoms. The summed E-state index contributed by atoms with van der Waals surface area (Å²) in [6, 6.07) is 11.5. The lowest BCUT2D eigenvalue weighted by Crippen LogP contribution is -2.08. The van der Waals surface area contributed by atoms with Gasteiger partial charge in [0, 0.05) is 47.2 Å². The van der Waals surface area contributed by atoms with Gasteiger partial charge in [-0.2, -0.15) is 0 Å². The number of ether oxygens (including phenoxy) is 1. The minimum atomic E-state index is -0.151. The van der Waals surface area contributed by atoms with E-state index in [-0.39, 0.29) is 5.91 Å². The van der Waals surface area contributed by atoms with Crippen molar-refractivity contribution in [2.45, 2.75) is 6.61 Å². The van der Waals surface area contributed by atoms with Gasteiger partial charge in [0.25, 0.3) is 5.91 Å². The van der Waals surface area contributed by atoms with Gasteiger partial charge in [-0.1, -0.05) is 11.6 Å². The Morgan fingerprint density at radius 2 is 1.96 bits per heavy atom. The molecule has 0 fully saturated rings. The minimum absolute atomic E-state index is 0.151. The molecule has 23 heavy (non-hydrogen) atoms. The van der Waals surface area contributed by atoms with Gasteiger partial charge in [0.1, 0.15) is 12.4 Å². The predicted octanol–water partition coefficient (Wildman–Crippen LogP) is 3.76. The summed E-state index contributed by atoms with van der Waals surface area (Å²) in [4.78, 5) is 14.5. The van der Waals surface area contributed by atoms with Crippen molar-refractivity contribution in [3.8, 4) is 0 Å². The van der Waals surface area contributed by atoms with Gasteiger partial charge >= 0.3 is 0 Å². The maximum Gasteiger partial charge on any atom is 0.260 e. The van der Waals surface area contributed by atoms with Crippen LogP contribution in [0.1, 0.15) is 16.7 Å². The lowest BCUT2D eigenvalue weighted by atomic mass is 10.00. The summed E-state index contributed by atoms with van der Waals surface area (Å²) in [5.41, 5.74) is 5.28. The fourth-order valence-electron chi connectivity index (χ4n) is 3.00. The summed E-state index contributed by atoms with van der Waals surface area (Å²) in [6.45, 7) is 0.471. The molecule has 2 aliphatic rings. The van der Waals surface area contributed by atoms with Crippen molar-refractivity contribution in [3.63, 3.8) is 0 Å². The van der Waals surface area contributed by atoms with E-state index in [0.717, 1.165) is 28.1 Å². The van der Waals surface area contributed by atoms with Crippen LogP contribution in [0.25, 0.3) is 11.3 Å². The van der Waals surface area contributed by atoms with E-state index >= 15 is 0 Å². The zero-order valence-corrected chi connectivity index (χ0v) is 13.6. The second-order valence-corrected chi connectivity index (χ2v) is 6.31. The van der Waals surface area contributed by atoms with Crippen LogP contribution in [0, 0.1) is 0 Å². The van der Waals surface area contributed by atoms with E-state index in [0.29, 0.717) is 23.0 Å². The Labute approximate surface area is 139 Å². The molecule has 1 amide bonds. The quantitative estimate of drug-likeness (QED) is 0.811. The lowest BCUT2D eigenvalue weighted by Gasteiger charge is -2.13. The molecule has 0 saturated carbocycles. The predicted molar refractivity (Wildman–Crippen MR) is 92.5 cm³/mol. The van der Waals surface area contributed by atoms with Crippen molar-refractivity contribution >= 4 is 40.2 Å².